The fraction of sp³-hybridized carbons (Fsp3) is 0.500. The standard InChI is InChI=1S/C16H21NO2/c1-3-5-6-9-14(17-4-2)13-8-7-10-15-16(13)19-12-11-18-15/h1,7-8,10,14,17H,4-6,9,11-12H2,2H3. The van der Waals surface area contributed by atoms with Crippen LogP contribution in [0, 0.1) is 12.3 Å². The highest BCUT2D eigenvalue weighted by Gasteiger charge is 2.21. The van der Waals surface area contributed by atoms with Crippen LogP contribution in [0.2, 0.25) is 0 Å². The monoisotopic (exact) mass is 259 g/mol. The van der Waals surface area contributed by atoms with Crippen molar-refractivity contribution in [2.45, 2.75) is 32.2 Å². The summed E-state index contributed by atoms with van der Waals surface area (Å²) in [5.74, 6) is 4.44. The SMILES string of the molecule is C#CCCCC(NCC)c1cccc2c1OCCO2. The van der Waals surface area contributed by atoms with Crippen LogP contribution in [0.25, 0.3) is 0 Å². The lowest BCUT2D eigenvalue weighted by Crippen LogP contribution is -2.24. The number of benzene rings is 1. The van der Waals surface area contributed by atoms with Crippen molar-refractivity contribution in [1.82, 2.24) is 5.32 Å². The molecule has 0 fully saturated rings. The van der Waals surface area contributed by atoms with Gasteiger partial charge in [-0.1, -0.05) is 19.1 Å². The van der Waals surface area contributed by atoms with Gasteiger partial charge in [-0.3, -0.25) is 0 Å². The van der Waals surface area contributed by atoms with Crippen LogP contribution in [0.1, 0.15) is 37.8 Å². The Kier molecular flexibility index (Phi) is 5.11. The maximum Gasteiger partial charge on any atom is 0.166 e. The largest absolute Gasteiger partial charge is 0.486 e. The van der Waals surface area contributed by atoms with Gasteiger partial charge in [0.25, 0.3) is 0 Å². The van der Waals surface area contributed by atoms with Gasteiger partial charge in [-0.25, -0.2) is 0 Å². The van der Waals surface area contributed by atoms with Crippen LogP contribution in [0.3, 0.4) is 0 Å². The van der Waals surface area contributed by atoms with Crippen molar-refractivity contribution in [2.75, 3.05) is 19.8 Å². The highest BCUT2D eigenvalue weighted by Crippen LogP contribution is 2.38. The molecule has 1 aliphatic heterocycles. The lowest BCUT2D eigenvalue weighted by Gasteiger charge is -2.25. The van der Waals surface area contributed by atoms with Crippen LogP contribution in [-0.2, 0) is 0 Å². The van der Waals surface area contributed by atoms with Gasteiger partial charge in [-0.15, -0.1) is 12.3 Å². The summed E-state index contributed by atoms with van der Waals surface area (Å²) >= 11 is 0. The molecule has 0 aromatic heterocycles. The fourth-order valence-electron chi connectivity index (χ4n) is 2.39. The minimum Gasteiger partial charge on any atom is -0.486 e. The minimum atomic E-state index is 0.273. The number of unbranched alkanes of at least 4 members (excludes halogenated alkanes) is 1. The summed E-state index contributed by atoms with van der Waals surface area (Å²) in [6, 6.07) is 6.36. The molecule has 1 N–H and O–H groups in total. The Bertz CT molecular complexity index is 451. The molecule has 1 aromatic rings. The number of fused-ring (bicyclic) bond motifs is 1. The third kappa shape index (κ3) is 3.42. The fourth-order valence-corrected chi connectivity index (χ4v) is 2.39. The molecule has 3 heteroatoms. The van der Waals surface area contributed by atoms with E-state index >= 15 is 0 Å². The molecule has 0 saturated heterocycles. The lowest BCUT2D eigenvalue weighted by atomic mass is 9.99. The van der Waals surface area contributed by atoms with Crippen molar-refractivity contribution < 1.29 is 9.47 Å². The van der Waals surface area contributed by atoms with E-state index in [1.165, 1.54) is 5.56 Å². The van der Waals surface area contributed by atoms with Crippen molar-refractivity contribution in [1.29, 1.82) is 0 Å². The zero-order chi connectivity index (χ0) is 13.5. The van der Waals surface area contributed by atoms with E-state index in [0.717, 1.165) is 37.3 Å². The van der Waals surface area contributed by atoms with Gasteiger partial charge in [0.1, 0.15) is 13.2 Å². The second-order valence-electron chi connectivity index (χ2n) is 4.58. The third-order valence-corrected chi connectivity index (χ3v) is 3.24. The number of para-hydroxylation sites is 1. The molecular weight excluding hydrogens is 238 g/mol. The number of terminal acetylenes is 1. The number of rotatable bonds is 6. The van der Waals surface area contributed by atoms with Crippen molar-refractivity contribution in [3.05, 3.63) is 23.8 Å². The molecule has 0 bridgehead atoms. The van der Waals surface area contributed by atoms with Crippen LogP contribution in [0.15, 0.2) is 18.2 Å². The van der Waals surface area contributed by atoms with E-state index in [1.54, 1.807) is 0 Å². The molecule has 0 radical (unpaired) electrons. The molecule has 19 heavy (non-hydrogen) atoms. The molecule has 1 aromatic carbocycles. The predicted octanol–water partition coefficient (Wildman–Crippen LogP) is 2.91. The number of hydrogen-bond donors (Lipinski definition) is 1. The van der Waals surface area contributed by atoms with Gasteiger partial charge in [0.2, 0.25) is 0 Å². The van der Waals surface area contributed by atoms with Gasteiger partial charge in [0, 0.05) is 18.0 Å². The summed E-state index contributed by atoms with van der Waals surface area (Å²) in [5.41, 5.74) is 1.18. The Labute approximate surface area is 115 Å². The molecule has 2 rings (SSSR count). The van der Waals surface area contributed by atoms with Crippen LogP contribution in [0.4, 0.5) is 0 Å². The van der Waals surface area contributed by atoms with Crippen molar-refractivity contribution >= 4 is 0 Å². The van der Waals surface area contributed by atoms with Gasteiger partial charge in [-0.2, -0.15) is 0 Å². The molecule has 3 nitrogen and oxygen atoms in total. The average molecular weight is 259 g/mol. The maximum atomic E-state index is 5.78. The van der Waals surface area contributed by atoms with Crippen LogP contribution < -0.4 is 14.8 Å². The smallest absolute Gasteiger partial charge is 0.166 e. The van der Waals surface area contributed by atoms with Crippen LogP contribution in [0.5, 0.6) is 11.5 Å². The number of hydrogen-bond acceptors (Lipinski definition) is 3. The Balaban J connectivity index is 2.18. The summed E-state index contributed by atoms with van der Waals surface area (Å²) in [6.07, 6.45) is 8.16. The summed E-state index contributed by atoms with van der Waals surface area (Å²) < 4.78 is 11.4. The van der Waals surface area contributed by atoms with Gasteiger partial charge in [-0.05, 0) is 25.5 Å². The van der Waals surface area contributed by atoms with Gasteiger partial charge in [0.15, 0.2) is 11.5 Å². The number of ether oxygens (including phenoxy) is 2. The van der Waals surface area contributed by atoms with Crippen molar-refractivity contribution in [3.8, 4) is 23.8 Å². The Hall–Kier alpha value is -1.66. The zero-order valence-electron chi connectivity index (χ0n) is 11.4. The van der Waals surface area contributed by atoms with Gasteiger partial charge >= 0.3 is 0 Å². The normalized spacial score (nSPS) is 14.7. The third-order valence-electron chi connectivity index (χ3n) is 3.24. The maximum absolute atomic E-state index is 5.78. The Morgan fingerprint density at radius 1 is 1.37 bits per heavy atom. The molecule has 0 aliphatic carbocycles. The molecule has 0 saturated carbocycles. The first-order chi connectivity index (χ1) is 9.36. The van der Waals surface area contributed by atoms with E-state index in [4.69, 9.17) is 15.9 Å². The highest BCUT2D eigenvalue weighted by atomic mass is 16.6. The van der Waals surface area contributed by atoms with Gasteiger partial charge in [0.05, 0.1) is 0 Å². The molecule has 1 aliphatic rings. The van der Waals surface area contributed by atoms with Crippen molar-refractivity contribution in [2.24, 2.45) is 0 Å². The summed E-state index contributed by atoms with van der Waals surface area (Å²) in [4.78, 5) is 0. The van der Waals surface area contributed by atoms with E-state index in [1.807, 2.05) is 12.1 Å². The molecule has 0 spiro atoms. The first kappa shape index (κ1) is 13.8. The van der Waals surface area contributed by atoms with Gasteiger partial charge < -0.3 is 14.8 Å². The molecular formula is C16H21NO2. The van der Waals surface area contributed by atoms with Crippen LogP contribution in [-0.4, -0.2) is 19.8 Å². The van der Waals surface area contributed by atoms with E-state index in [-0.39, 0.29) is 6.04 Å². The second kappa shape index (κ2) is 7.06. The summed E-state index contributed by atoms with van der Waals surface area (Å²) in [6.45, 7) is 4.28. The molecule has 1 atom stereocenters. The first-order valence-corrected chi connectivity index (χ1v) is 6.92. The topological polar surface area (TPSA) is 30.5 Å². The van der Waals surface area contributed by atoms with E-state index in [0.29, 0.717) is 13.2 Å². The predicted molar refractivity (Wildman–Crippen MR) is 76.5 cm³/mol. The van der Waals surface area contributed by atoms with E-state index in [9.17, 15) is 0 Å². The minimum absolute atomic E-state index is 0.273. The van der Waals surface area contributed by atoms with Crippen LogP contribution >= 0.6 is 0 Å². The average Bonchev–Trinajstić information content (AvgIpc) is 2.46. The molecule has 0 amide bonds. The number of nitrogens with one attached hydrogen (secondary N) is 1. The molecule has 102 valence electrons. The first-order valence-electron chi connectivity index (χ1n) is 6.92. The zero-order valence-corrected chi connectivity index (χ0v) is 11.4. The summed E-state index contributed by atoms with van der Waals surface area (Å²) in [5, 5.41) is 3.50. The van der Waals surface area contributed by atoms with E-state index < -0.39 is 0 Å². The second-order valence-corrected chi connectivity index (χ2v) is 4.58. The Morgan fingerprint density at radius 3 is 3.00 bits per heavy atom. The van der Waals surface area contributed by atoms with E-state index in [2.05, 4.69) is 24.2 Å². The van der Waals surface area contributed by atoms with Crippen molar-refractivity contribution in [3.63, 3.8) is 0 Å². The summed E-state index contributed by atoms with van der Waals surface area (Å²) in [7, 11) is 0. The highest BCUT2D eigenvalue weighted by molar-refractivity contribution is 5.48. The molecule has 1 heterocycles. The quantitative estimate of drug-likeness (QED) is 0.629. The Morgan fingerprint density at radius 2 is 2.21 bits per heavy atom. The lowest BCUT2D eigenvalue weighted by molar-refractivity contribution is 0.168. The molecule has 1 unspecified atom stereocenters.